The minimum absolute atomic E-state index is 0.0660. The van der Waals surface area contributed by atoms with Crippen LogP contribution in [-0.4, -0.2) is 19.1 Å². The average molecular weight is 262 g/mol. The topological polar surface area (TPSA) is 64.3 Å². The lowest BCUT2D eigenvalue weighted by molar-refractivity contribution is 0.0930. The summed E-state index contributed by atoms with van der Waals surface area (Å²) in [4.78, 5) is 12.3. The summed E-state index contributed by atoms with van der Waals surface area (Å²) < 4.78 is 5.22. The number of anilines is 1. The van der Waals surface area contributed by atoms with Crippen molar-refractivity contribution >= 4 is 11.6 Å². The van der Waals surface area contributed by atoms with Crippen LogP contribution in [0.25, 0.3) is 0 Å². The van der Waals surface area contributed by atoms with Crippen molar-refractivity contribution in [3.63, 3.8) is 0 Å². The van der Waals surface area contributed by atoms with Gasteiger partial charge >= 0.3 is 0 Å². The first-order valence-corrected chi connectivity index (χ1v) is 6.95. The summed E-state index contributed by atoms with van der Waals surface area (Å²) in [6.45, 7) is 0. The molecule has 0 atom stereocenters. The Morgan fingerprint density at radius 1 is 1.26 bits per heavy atom. The van der Waals surface area contributed by atoms with Gasteiger partial charge in [0.1, 0.15) is 5.75 Å². The molecule has 0 heterocycles. The molecule has 19 heavy (non-hydrogen) atoms. The van der Waals surface area contributed by atoms with Crippen LogP contribution in [0.15, 0.2) is 18.2 Å². The number of nitrogens with two attached hydrogens (primary N) is 1. The molecule has 0 aliphatic heterocycles. The van der Waals surface area contributed by atoms with E-state index in [0.29, 0.717) is 17.0 Å². The quantitative estimate of drug-likeness (QED) is 0.650. The zero-order chi connectivity index (χ0) is 13.7. The van der Waals surface area contributed by atoms with Gasteiger partial charge in [-0.25, -0.2) is 0 Å². The zero-order valence-corrected chi connectivity index (χ0v) is 11.4. The van der Waals surface area contributed by atoms with Crippen molar-refractivity contribution in [1.82, 2.24) is 5.32 Å². The number of methoxy groups -OCH3 is 1. The highest BCUT2D eigenvalue weighted by molar-refractivity contribution is 5.97. The van der Waals surface area contributed by atoms with E-state index in [0.717, 1.165) is 12.8 Å². The number of rotatable bonds is 3. The van der Waals surface area contributed by atoms with E-state index in [2.05, 4.69) is 5.32 Å². The van der Waals surface area contributed by atoms with E-state index < -0.39 is 0 Å². The average Bonchev–Trinajstić information content (AvgIpc) is 2.67. The van der Waals surface area contributed by atoms with E-state index in [1.165, 1.54) is 25.7 Å². The standard InChI is InChI=1S/C15H22N2O2/c1-19-14-10-11(16)8-9-13(14)15(18)17-12-6-4-2-3-5-7-12/h8-10,12H,2-7,16H2,1H3,(H,17,18). The predicted octanol–water partition coefficient (Wildman–Crippen LogP) is 2.73. The van der Waals surface area contributed by atoms with Crippen LogP contribution in [0.2, 0.25) is 0 Å². The highest BCUT2D eigenvalue weighted by atomic mass is 16.5. The second-order valence-electron chi connectivity index (χ2n) is 5.12. The fraction of sp³-hybridized carbons (Fsp3) is 0.533. The third kappa shape index (κ3) is 3.63. The van der Waals surface area contributed by atoms with Gasteiger partial charge in [-0.2, -0.15) is 0 Å². The molecule has 4 heteroatoms. The molecule has 0 spiro atoms. The Bertz CT molecular complexity index is 438. The first-order valence-electron chi connectivity index (χ1n) is 6.95. The maximum Gasteiger partial charge on any atom is 0.255 e. The van der Waals surface area contributed by atoms with Crippen LogP contribution in [0.5, 0.6) is 5.75 Å². The molecule has 4 nitrogen and oxygen atoms in total. The molecule has 1 saturated carbocycles. The van der Waals surface area contributed by atoms with Crippen LogP contribution < -0.4 is 15.8 Å². The van der Waals surface area contributed by atoms with Crippen LogP contribution in [0, 0.1) is 0 Å². The molecule has 1 aromatic carbocycles. The number of amides is 1. The molecule has 1 aliphatic carbocycles. The second kappa shape index (κ2) is 6.45. The lowest BCUT2D eigenvalue weighted by atomic mass is 10.1. The van der Waals surface area contributed by atoms with Gasteiger partial charge in [0.2, 0.25) is 0 Å². The van der Waals surface area contributed by atoms with E-state index in [1.807, 2.05) is 0 Å². The number of hydrogen-bond donors (Lipinski definition) is 2. The smallest absolute Gasteiger partial charge is 0.255 e. The molecule has 0 unspecified atom stereocenters. The minimum atomic E-state index is -0.0660. The maximum atomic E-state index is 12.3. The van der Waals surface area contributed by atoms with Crippen LogP contribution in [-0.2, 0) is 0 Å². The van der Waals surface area contributed by atoms with Crippen LogP contribution in [0.3, 0.4) is 0 Å². The van der Waals surface area contributed by atoms with E-state index in [1.54, 1.807) is 25.3 Å². The van der Waals surface area contributed by atoms with Gasteiger partial charge < -0.3 is 15.8 Å². The van der Waals surface area contributed by atoms with Gasteiger partial charge in [0, 0.05) is 17.8 Å². The summed E-state index contributed by atoms with van der Waals surface area (Å²) >= 11 is 0. The molecule has 0 radical (unpaired) electrons. The van der Waals surface area contributed by atoms with E-state index >= 15 is 0 Å². The second-order valence-corrected chi connectivity index (χ2v) is 5.12. The number of hydrogen-bond acceptors (Lipinski definition) is 3. The minimum Gasteiger partial charge on any atom is -0.496 e. The molecule has 2 rings (SSSR count). The lowest BCUT2D eigenvalue weighted by Gasteiger charge is -2.17. The molecule has 3 N–H and O–H groups in total. The molecule has 0 bridgehead atoms. The summed E-state index contributed by atoms with van der Waals surface area (Å²) in [5, 5.41) is 3.11. The van der Waals surface area contributed by atoms with Gasteiger partial charge in [0.05, 0.1) is 12.7 Å². The normalized spacial score (nSPS) is 16.7. The van der Waals surface area contributed by atoms with Crippen LogP contribution >= 0.6 is 0 Å². The fourth-order valence-corrected chi connectivity index (χ4v) is 2.58. The highest BCUT2D eigenvalue weighted by Gasteiger charge is 2.18. The van der Waals surface area contributed by atoms with Crippen molar-refractivity contribution in [3.8, 4) is 5.75 Å². The third-order valence-corrected chi connectivity index (χ3v) is 3.66. The number of benzene rings is 1. The number of carbonyl (C=O) groups is 1. The van der Waals surface area contributed by atoms with E-state index in [9.17, 15) is 4.79 Å². The van der Waals surface area contributed by atoms with Gasteiger partial charge in [0.15, 0.2) is 0 Å². The first kappa shape index (κ1) is 13.7. The molecule has 0 aromatic heterocycles. The third-order valence-electron chi connectivity index (χ3n) is 3.66. The summed E-state index contributed by atoms with van der Waals surface area (Å²) in [5.74, 6) is 0.467. The Balaban J connectivity index is 2.06. The Hall–Kier alpha value is -1.71. The molecule has 1 aromatic rings. The van der Waals surface area contributed by atoms with E-state index in [-0.39, 0.29) is 11.9 Å². The molecular formula is C15H22N2O2. The van der Waals surface area contributed by atoms with Gasteiger partial charge in [-0.1, -0.05) is 25.7 Å². The molecule has 104 valence electrons. The van der Waals surface area contributed by atoms with Crippen LogP contribution in [0.1, 0.15) is 48.9 Å². The number of nitrogen functional groups attached to an aromatic ring is 1. The Morgan fingerprint density at radius 2 is 1.95 bits per heavy atom. The molecular weight excluding hydrogens is 240 g/mol. The summed E-state index contributed by atoms with van der Waals surface area (Å²) in [6.07, 6.45) is 7.09. The predicted molar refractivity (Wildman–Crippen MR) is 76.4 cm³/mol. The van der Waals surface area contributed by atoms with Gasteiger partial charge in [0.25, 0.3) is 5.91 Å². The summed E-state index contributed by atoms with van der Waals surface area (Å²) in [6, 6.07) is 5.42. The number of ether oxygens (including phenoxy) is 1. The largest absolute Gasteiger partial charge is 0.496 e. The SMILES string of the molecule is COc1cc(N)ccc1C(=O)NC1CCCCCC1. The summed E-state index contributed by atoms with van der Waals surface area (Å²) in [7, 11) is 1.55. The van der Waals surface area contributed by atoms with Gasteiger partial charge in [-0.3, -0.25) is 4.79 Å². The van der Waals surface area contributed by atoms with Crippen molar-refractivity contribution in [3.05, 3.63) is 23.8 Å². The summed E-state index contributed by atoms with van der Waals surface area (Å²) in [5.41, 5.74) is 6.85. The Kier molecular flexibility index (Phi) is 4.66. The Labute approximate surface area is 114 Å². The monoisotopic (exact) mass is 262 g/mol. The van der Waals surface area contributed by atoms with Crippen molar-refractivity contribution in [1.29, 1.82) is 0 Å². The molecule has 0 saturated heterocycles. The zero-order valence-electron chi connectivity index (χ0n) is 11.4. The molecule has 1 fully saturated rings. The number of carbonyl (C=O) groups excluding carboxylic acids is 1. The maximum absolute atomic E-state index is 12.3. The van der Waals surface area contributed by atoms with Crippen molar-refractivity contribution in [2.75, 3.05) is 12.8 Å². The van der Waals surface area contributed by atoms with Gasteiger partial charge in [-0.05, 0) is 25.0 Å². The molecule has 1 aliphatic rings. The lowest BCUT2D eigenvalue weighted by Crippen LogP contribution is -2.34. The Morgan fingerprint density at radius 3 is 2.58 bits per heavy atom. The fourth-order valence-electron chi connectivity index (χ4n) is 2.58. The molecule has 1 amide bonds. The first-order chi connectivity index (χ1) is 9.20. The van der Waals surface area contributed by atoms with Crippen LogP contribution in [0.4, 0.5) is 5.69 Å². The van der Waals surface area contributed by atoms with E-state index in [4.69, 9.17) is 10.5 Å². The van der Waals surface area contributed by atoms with Crippen molar-refractivity contribution in [2.45, 2.75) is 44.6 Å². The van der Waals surface area contributed by atoms with Crippen molar-refractivity contribution < 1.29 is 9.53 Å². The number of nitrogens with one attached hydrogen (secondary N) is 1. The van der Waals surface area contributed by atoms with Crippen molar-refractivity contribution in [2.24, 2.45) is 0 Å². The van der Waals surface area contributed by atoms with Gasteiger partial charge in [-0.15, -0.1) is 0 Å². The highest BCUT2D eigenvalue weighted by Crippen LogP contribution is 2.23.